The van der Waals surface area contributed by atoms with E-state index in [1.165, 1.54) is 4.90 Å². The molecule has 2 amide bonds. The van der Waals surface area contributed by atoms with E-state index >= 15 is 0 Å². The molecule has 0 spiro atoms. The molecule has 5 rings (SSSR count). The molecule has 1 saturated carbocycles. The lowest BCUT2D eigenvalue weighted by Gasteiger charge is -2.42. The highest BCUT2D eigenvalue weighted by Gasteiger charge is 2.54. The number of hydrogen-bond acceptors (Lipinski definition) is 6. The molecular weight excluding hydrogens is 470 g/mol. The van der Waals surface area contributed by atoms with Gasteiger partial charge in [0.25, 0.3) is 0 Å². The molecule has 3 heterocycles. The molecule has 1 aliphatic carbocycles. The van der Waals surface area contributed by atoms with Gasteiger partial charge in [0, 0.05) is 36.1 Å². The first-order valence-electron chi connectivity index (χ1n) is 12.7. The predicted molar refractivity (Wildman–Crippen MR) is 138 cm³/mol. The molecule has 1 aromatic heterocycles. The summed E-state index contributed by atoms with van der Waals surface area (Å²) >= 11 is 0. The monoisotopic (exact) mass is 505 g/mol. The lowest BCUT2D eigenvalue weighted by atomic mass is 9.89. The first-order valence-corrected chi connectivity index (χ1v) is 12.7. The van der Waals surface area contributed by atoms with Crippen LogP contribution < -0.4 is 20.1 Å². The molecule has 1 aromatic carbocycles. The Morgan fingerprint density at radius 3 is 2.76 bits per heavy atom. The Morgan fingerprint density at radius 2 is 2.03 bits per heavy atom. The van der Waals surface area contributed by atoms with Gasteiger partial charge in [0.15, 0.2) is 5.96 Å². The second kappa shape index (κ2) is 9.04. The highest BCUT2D eigenvalue weighted by atomic mass is 16.5. The van der Waals surface area contributed by atoms with E-state index in [0.29, 0.717) is 18.6 Å². The zero-order valence-electron chi connectivity index (χ0n) is 22.0. The molecule has 37 heavy (non-hydrogen) atoms. The van der Waals surface area contributed by atoms with Gasteiger partial charge in [-0.15, -0.1) is 0 Å². The fourth-order valence-electron chi connectivity index (χ4n) is 5.68. The molecule has 9 nitrogen and oxygen atoms in total. The van der Waals surface area contributed by atoms with Crippen molar-refractivity contribution in [1.29, 1.82) is 5.41 Å². The zero-order chi connectivity index (χ0) is 26.5. The topological polar surface area (TPSA) is 117 Å². The standard InChI is InChI=1S/C28H35N5O4/c1-27(2)13-23(34)33(26(29)32-27)24(16-10-17(36-5)15-30-14-16)19-11-20(19)25(35)31-21-12-28(3,4)37-22-9-7-6-8-18(21)22/h6-10,14-15,19-21,24H,11-13H2,1-5H3,(H2,29,32)(H,31,35)/t19-,20-,21-,24?/m1/s1. The Labute approximate surface area is 217 Å². The summed E-state index contributed by atoms with van der Waals surface area (Å²) in [5, 5.41) is 15.1. The molecule has 4 atom stereocenters. The first-order chi connectivity index (χ1) is 17.5. The molecule has 1 saturated heterocycles. The normalized spacial score (nSPS) is 26.3. The Kier molecular flexibility index (Phi) is 6.12. The number of guanidine groups is 1. The number of aromatic nitrogens is 1. The van der Waals surface area contributed by atoms with E-state index < -0.39 is 17.2 Å². The second-order valence-electron chi connectivity index (χ2n) is 11.6. The van der Waals surface area contributed by atoms with E-state index in [-0.39, 0.29) is 42.1 Å². The van der Waals surface area contributed by atoms with E-state index in [1.807, 2.05) is 58.0 Å². The molecular formula is C28H35N5O4. The van der Waals surface area contributed by atoms with E-state index in [9.17, 15) is 9.59 Å². The Balaban J connectivity index is 1.40. The third-order valence-electron chi connectivity index (χ3n) is 7.42. The van der Waals surface area contributed by atoms with Crippen molar-refractivity contribution in [3.05, 3.63) is 53.9 Å². The van der Waals surface area contributed by atoms with Crippen LogP contribution in [0.1, 0.15) is 70.2 Å². The lowest BCUT2D eigenvalue weighted by Crippen LogP contribution is -2.60. The molecule has 0 bridgehead atoms. The van der Waals surface area contributed by atoms with Crippen LogP contribution in [0.15, 0.2) is 42.7 Å². The van der Waals surface area contributed by atoms with Gasteiger partial charge in [-0.05, 0) is 57.7 Å². The quantitative estimate of drug-likeness (QED) is 0.551. The number of benzene rings is 1. The number of para-hydroxylation sites is 1. The molecule has 1 unspecified atom stereocenters. The van der Waals surface area contributed by atoms with Crippen molar-refractivity contribution in [2.75, 3.05) is 7.11 Å². The third kappa shape index (κ3) is 4.99. The highest BCUT2D eigenvalue weighted by Crippen LogP contribution is 2.52. The minimum absolute atomic E-state index is 0.0419. The van der Waals surface area contributed by atoms with Crippen molar-refractivity contribution < 1.29 is 19.1 Å². The average Bonchev–Trinajstić information content (AvgIpc) is 3.60. The van der Waals surface area contributed by atoms with E-state index in [0.717, 1.165) is 16.9 Å². The second-order valence-corrected chi connectivity index (χ2v) is 11.6. The minimum atomic E-state index is -0.509. The largest absolute Gasteiger partial charge is 0.495 e. The SMILES string of the molecule is COc1cncc(C([C@@H]2C[C@H]2C(=O)N[C@@H]2CC(C)(C)Oc3ccccc32)N2C(=N)NC(C)(C)CC2=O)c1. The number of rotatable bonds is 6. The van der Waals surface area contributed by atoms with Gasteiger partial charge in [0.05, 0.1) is 25.4 Å². The van der Waals surface area contributed by atoms with Gasteiger partial charge in [0.2, 0.25) is 11.8 Å². The summed E-state index contributed by atoms with van der Waals surface area (Å²) in [7, 11) is 1.56. The van der Waals surface area contributed by atoms with Crippen molar-refractivity contribution in [1.82, 2.24) is 20.5 Å². The molecule has 0 radical (unpaired) electrons. The van der Waals surface area contributed by atoms with Crippen molar-refractivity contribution in [2.24, 2.45) is 11.8 Å². The van der Waals surface area contributed by atoms with Crippen molar-refractivity contribution >= 4 is 17.8 Å². The summed E-state index contributed by atoms with van der Waals surface area (Å²) in [6.07, 6.45) is 4.82. The molecule has 9 heteroatoms. The number of amides is 2. The summed E-state index contributed by atoms with van der Waals surface area (Å²) in [4.78, 5) is 32.6. The fourth-order valence-corrected chi connectivity index (χ4v) is 5.68. The molecule has 2 aliphatic heterocycles. The van der Waals surface area contributed by atoms with E-state index in [2.05, 4.69) is 15.6 Å². The van der Waals surface area contributed by atoms with E-state index in [1.54, 1.807) is 19.5 Å². The number of carbonyl (C=O) groups is 2. The molecule has 3 aliphatic rings. The van der Waals surface area contributed by atoms with Gasteiger partial charge in [-0.2, -0.15) is 0 Å². The van der Waals surface area contributed by atoms with Crippen LogP contribution in [-0.2, 0) is 9.59 Å². The van der Waals surface area contributed by atoms with Gasteiger partial charge in [-0.1, -0.05) is 18.2 Å². The van der Waals surface area contributed by atoms with Gasteiger partial charge in [-0.3, -0.25) is 24.9 Å². The van der Waals surface area contributed by atoms with Crippen molar-refractivity contribution in [2.45, 2.75) is 70.2 Å². The molecule has 2 aromatic rings. The van der Waals surface area contributed by atoms with Crippen LogP contribution >= 0.6 is 0 Å². The highest BCUT2D eigenvalue weighted by molar-refractivity contribution is 5.99. The summed E-state index contributed by atoms with van der Waals surface area (Å²) in [5.74, 6) is 0.766. The third-order valence-corrected chi connectivity index (χ3v) is 7.42. The minimum Gasteiger partial charge on any atom is -0.495 e. The van der Waals surface area contributed by atoms with Crippen LogP contribution in [0, 0.1) is 17.2 Å². The van der Waals surface area contributed by atoms with Crippen molar-refractivity contribution in [3.63, 3.8) is 0 Å². The maximum Gasteiger partial charge on any atom is 0.232 e. The van der Waals surface area contributed by atoms with Crippen LogP contribution in [0.5, 0.6) is 11.5 Å². The van der Waals surface area contributed by atoms with Gasteiger partial charge in [-0.25, -0.2) is 0 Å². The maximum atomic E-state index is 13.5. The summed E-state index contributed by atoms with van der Waals surface area (Å²) in [6, 6.07) is 8.98. The fraction of sp³-hybridized carbons (Fsp3) is 0.500. The van der Waals surface area contributed by atoms with E-state index in [4.69, 9.17) is 14.9 Å². The average molecular weight is 506 g/mol. The van der Waals surface area contributed by atoms with Gasteiger partial charge >= 0.3 is 0 Å². The summed E-state index contributed by atoms with van der Waals surface area (Å²) in [5.41, 5.74) is 0.806. The van der Waals surface area contributed by atoms with Crippen LogP contribution in [0.4, 0.5) is 0 Å². The maximum absolute atomic E-state index is 13.5. The molecule has 196 valence electrons. The predicted octanol–water partition coefficient (Wildman–Crippen LogP) is 3.72. The number of nitrogens with zero attached hydrogens (tertiary/aromatic N) is 2. The summed E-state index contributed by atoms with van der Waals surface area (Å²) in [6.45, 7) is 7.85. The van der Waals surface area contributed by atoms with Crippen molar-refractivity contribution in [3.8, 4) is 11.5 Å². The smallest absolute Gasteiger partial charge is 0.232 e. The number of hydrogen-bond donors (Lipinski definition) is 3. The Morgan fingerprint density at radius 1 is 1.27 bits per heavy atom. The zero-order valence-corrected chi connectivity index (χ0v) is 22.0. The van der Waals surface area contributed by atoms with Crippen LogP contribution in [0.2, 0.25) is 0 Å². The summed E-state index contributed by atoms with van der Waals surface area (Å²) < 4.78 is 11.5. The van der Waals surface area contributed by atoms with Crippen LogP contribution in [0.3, 0.4) is 0 Å². The van der Waals surface area contributed by atoms with Crippen LogP contribution in [-0.4, -0.2) is 45.9 Å². The Hall–Kier alpha value is -3.62. The first kappa shape index (κ1) is 25.0. The van der Waals surface area contributed by atoms with Gasteiger partial charge in [0.1, 0.15) is 17.1 Å². The molecule has 3 N–H and O–H groups in total. The number of pyridine rings is 1. The number of fused-ring (bicyclic) bond motifs is 1. The van der Waals surface area contributed by atoms with Gasteiger partial charge < -0.3 is 20.1 Å². The number of methoxy groups -OCH3 is 1. The Bertz CT molecular complexity index is 1220. The number of ether oxygens (including phenoxy) is 2. The molecule has 2 fully saturated rings. The van der Waals surface area contributed by atoms with Crippen LogP contribution in [0.25, 0.3) is 0 Å². The number of nitrogens with one attached hydrogen (secondary N) is 3. The lowest BCUT2D eigenvalue weighted by molar-refractivity contribution is -0.133. The number of carbonyl (C=O) groups excluding carboxylic acids is 2.